The Morgan fingerprint density at radius 1 is 1.37 bits per heavy atom. The molecule has 0 aliphatic carbocycles. The molecular weight excluding hydrogens is 265 g/mol. The van der Waals surface area contributed by atoms with E-state index in [1.54, 1.807) is 29.7 Å². The Hall–Kier alpha value is -2.09. The minimum Gasteiger partial charge on any atom is -0.356 e. The summed E-state index contributed by atoms with van der Waals surface area (Å²) >= 11 is 0. The molecule has 1 amide bonds. The highest BCUT2D eigenvalue weighted by molar-refractivity contribution is 5.85. The summed E-state index contributed by atoms with van der Waals surface area (Å²) in [4.78, 5) is 15.4. The number of carbonyl (C=O) groups is 1. The van der Waals surface area contributed by atoms with Crippen LogP contribution in [0.2, 0.25) is 0 Å². The molecule has 0 fully saturated rings. The molecule has 2 rings (SSSR count). The number of rotatable bonds is 4. The Bertz CT molecular complexity index is 580. The van der Waals surface area contributed by atoms with Crippen molar-refractivity contribution in [3.8, 4) is 0 Å². The van der Waals surface area contributed by atoms with Crippen LogP contribution in [0.25, 0.3) is 11.0 Å². The standard InChI is InChI=1S/C11H9F3N2O3/c12-11(13,14)6-18-16-10(17)5-8-7-3-1-2-4-9(7)19-15-8/h1-4H,5-6H2,(H,16,17). The first kappa shape index (κ1) is 13.3. The molecule has 102 valence electrons. The minimum absolute atomic E-state index is 0.227. The van der Waals surface area contributed by atoms with Crippen LogP contribution in [0.3, 0.4) is 0 Å². The minimum atomic E-state index is -4.49. The predicted molar refractivity (Wildman–Crippen MR) is 57.9 cm³/mol. The molecule has 0 atom stereocenters. The number of hydrogen-bond acceptors (Lipinski definition) is 4. The van der Waals surface area contributed by atoms with Gasteiger partial charge < -0.3 is 4.52 Å². The van der Waals surface area contributed by atoms with Crippen LogP contribution >= 0.6 is 0 Å². The monoisotopic (exact) mass is 274 g/mol. The van der Waals surface area contributed by atoms with E-state index in [0.29, 0.717) is 16.7 Å². The van der Waals surface area contributed by atoms with E-state index in [-0.39, 0.29) is 6.42 Å². The second-order valence-corrected chi connectivity index (χ2v) is 3.73. The van der Waals surface area contributed by atoms with Crippen LogP contribution < -0.4 is 5.48 Å². The second-order valence-electron chi connectivity index (χ2n) is 3.73. The highest BCUT2D eigenvalue weighted by atomic mass is 19.4. The Balaban J connectivity index is 1.92. The van der Waals surface area contributed by atoms with Gasteiger partial charge in [-0.05, 0) is 12.1 Å². The number of halogens is 3. The third-order valence-corrected chi connectivity index (χ3v) is 2.20. The second kappa shape index (κ2) is 5.27. The van der Waals surface area contributed by atoms with Crippen LogP contribution in [0.4, 0.5) is 13.2 Å². The maximum absolute atomic E-state index is 11.8. The first-order valence-electron chi connectivity index (χ1n) is 5.26. The number of nitrogens with zero attached hydrogens (tertiary/aromatic N) is 1. The number of alkyl halides is 3. The van der Waals surface area contributed by atoms with E-state index in [0.717, 1.165) is 0 Å². The van der Waals surface area contributed by atoms with E-state index < -0.39 is 18.7 Å². The number of para-hydroxylation sites is 1. The van der Waals surface area contributed by atoms with Crippen molar-refractivity contribution in [3.63, 3.8) is 0 Å². The molecule has 0 spiro atoms. The van der Waals surface area contributed by atoms with Crippen LogP contribution in [0.1, 0.15) is 5.69 Å². The Morgan fingerprint density at radius 2 is 2.11 bits per heavy atom. The third-order valence-electron chi connectivity index (χ3n) is 2.20. The van der Waals surface area contributed by atoms with E-state index in [9.17, 15) is 18.0 Å². The lowest BCUT2D eigenvalue weighted by Crippen LogP contribution is -2.30. The van der Waals surface area contributed by atoms with Gasteiger partial charge in [0.2, 0.25) is 5.91 Å². The molecule has 0 saturated carbocycles. The van der Waals surface area contributed by atoms with Gasteiger partial charge in [-0.25, -0.2) is 5.48 Å². The fourth-order valence-corrected chi connectivity index (χ4v) is 1.45. The topological polar surface area (TPSA) is 64.4 Å². The molecule has 1 aromatic carbocycles. The summed E-state index contributed by atoms with van der Waals surface area (Å²) in [6, 6.07) is 6.85. The Labute approximate surface area is 105 Å². The van der Waals surface area contributed by atoms with E-state index in [1.807, 2.05) is 0 Å². The number of fused-ring (bicyclic) bond motifs is 1. The maximum atomic E-state index is 11.8. The predicted octanol–water partition coefficient (Wildman–Crippen LogP) is 1.98. The first-order chi connectivity index (χ1) is 8.96. The molecule has 1 heterocycles. The summed E-state index contributed by atoms with van der Waals surface area (Å²) in [6.45, 7) is -1.54. The number of nitrogens with one attached hydrogen (secondary N) is 1. The maximum Gasteiger partial charge on any atom is 0.414 e. The van der Waals surface area contributed by atoms with E-state index in [1.165, 1.54) is 0 Å². The van der Waals surface area contributed by atoms with E-state index >= 15 is 0 Å². The molecule has 0 unspecified atom stereocenters. The fraction of sp³-hybridized carbons (Fsp3) is 0.273. The third kappa shape index (κ3) is 3.68. The number of aromatic nitrogens is 1. The van der Waals surface area contributed by atoms with Crippen LogP contribution in [0, 0.1) is 0 Å². The van der Waals surface area contributed by atoms with Gasteiger partial charge in [0, 0.05) is 5.39 Å². The van der Waals surface area contributed by atoms with Crippen molar-refractivity contribution in [1.29, 1.82) is 0 Å². The quantitative estimate of drug-likeness (QED) is 0.866. The zero-order chi connectivity index (χ0) is 13.9. The van der Waals surface area contributed by atoms with Gasteiger partial charge in [0.15, 0.2) is 12.2 Å². The van der Waals surface area contributed by atoms with Crippen molar-refractivity contribution < 1.29 is 27.3 Å². The lowest BCUT2D eigenvalue weighted by Gasteiger charge is -2.07. The smallest absolute Gasteiger partial charge is 0.356 e. The number of hydrogen-bond donors (Lipinski definition) is 1. The van der Waals surface area contributed by atoms with Gasteiger partial charge in [0.1, 0.15) is 5.69 Å². The number of amides is 1. The van der Waals surface area contributed by atoms with Gasteiger partial charge in [-0.2, -0.15) is 13.2 Å². The van der Waals surface area contributed by atoms with Crippen molar-refractivity contribution in [2.45, 2.75) is 12.6 Å². The fourth-order valence-electron chi connectivity index (χ4n) is 1.45. The summed E-state index contributed by atoms with van der Waals surface area (Å²) < 4.78 is 40.3. The summed E-state index contributed by atoms with van der Waals surface area (Å²) in [5.41, 5.74) is 2.54. The molecule has 8 heteroatoms. The molecule has 0 bridgehead atoms. The molecule has 0 saturated heterocycles. The normalized spacial score (nSPS) is 11.7. The molecule has 1 N–H and O–H groups in total. The number of carbonyl (C=O) groups excluding carboxylic acids is 1. The SMILES string of the molecule is O=C(Cc1noc2ccccc12)NOCC(F)(F)F. The van der Waals surface area contributed by atoms with Gasteiger partial charge in [-0.3, -0.25) is 9.63 Å². The van der Waals surface area contributed by atoms with E-state index in [4.69, 9.17) is 4.52 Å². The van der Waals surface area contributed by atoms with Gasteiger partial charge in [0.25, 0.3) is 0 Å². The molecule has 19 heavy (non-hydrogen) atoms. The molecular formula is C11H9F3N2O3. The number of benzene rings is 1. The number of hydroxylamine groups is 1. The highest BCUT2D eigenvalue weighted by Gasteiger charge is 2.28. The van der Waals surface area contributed by atoms with Crippen LogP contribution in [0.5, 0.6) is 0 Å². The largest absolute Gasteiger partial charge is 0.414 e. The highest BCUT2D eigenvalue weighted by Crippen LogP contribution is 2.18. The molecule has 1 aromatic heterocycles. The van der Waals surface area contributed by atoms with Crippen molar-refractivity contribution in [2.24, 2.45) is 0 Å². The molecule has 5 nitrogen and oxygen atoms in total. The average Bonchev–Trinajstić information content (AvgIpc) is 2.71. The lowest BCUT2D eigenvalue weighted by molar-refractivity contribution is -0.191. The van der Waals surface area contributed by atoms with Crippen molar-refractivity contribution >= 4 is 16.9 Å². The molecule has 0 aliphatic heterocycles. The van der Waals surface area contributed by atoms with Crippen molar-refractivity contribution in [1.82, 2.24) is 10.6 Å². The lowest BCUT2D eigenvalue weighted by atomic mass is 10.2. The van der Waals surface area contributed by atoms with Crippen LogP contribution in [0.15, 0.2) is 28.8 Å². The van der Waals surface area contributed by atoms with Crippen molar-refractivity contribution in [3.05, 3.63) is 30.0 Å². The Kier molecular flexibility index (Phi) is 3.70. The molecule has 0 radical (unpaired) electrons. The van der Waals surface area contributed by atoms with Crippen LogP contribution in [-0.4, -0.2) is 23.8 Å². The zero-order valence-corrected chi connectivity index (χ0v) is 9.53. The van der Waals surface area contributed by atoms with E-state index in [2.05, 4.69) is 9.99 Å². The Morgan fingerprint density at radius 3 is 2.84 bits per heavy atom. The summed E-state index contributed by atoms with van der Waals surface area (Å²) in [5.74, 6) is -0.733. The van der Waals surface area contributed by atoms with Gasteiger partial charge in [-0.1, -0.05) is 17.3 Å². The summed E-state index contributed by atoms with van der Waals surface area (Å²) in [7, 11) is 0. The summed E-state index contributed by atoms with van der Waals surface area (Å²) in [5, 5.41) is 4.31. The zero-order valence-electron chi connectivity index (χ0n) is 9.53. The van der Waals surface area contributed by atoms with Gasteiger partial charge >= 0.3 is 6.18 Å². The average molecular weight is 274 g/mol. The summed E-state index contributed by atoms with van der Waals surface area (Å²) in [6.07, 6.45) is -4.72. The first-order valence-corrected chi connectivity index (χ1v) is 5.26. The van der Waals surface area contributed by atoms with Gasteiger partial charge in [-0.15, -0.1) is 0 Å². The molecule has 0 aliphatic rings. The molecule has 2 aromatic rings. The van der Waals surface area contributed by atoms with Crippen LogP contribution in [-0.2, 0) is 16.1 Å². The van der Waals surface area contributed by atoms with Crippen molar-refractivity contribution in [2.75, 3.05) is 6.61 Å². The van der Waals surface area contributed by atoms with Gasteiger partial charge in [0.05, 0.1) is 6.42 Å².